The standard InChI is InChI=1S/C18H17FN2O3S2/c19-14-4-2-1-3-12(14)10-21-15-5-7-25-17(15)9-16(21)18(22)20-13-6-8-26(23,24)11-13/h1-5,7,9,13H,6,8,10-11H2,(H,20,22)/t13-/m1/s1. The number of hydrogen-bond donors (Lipinski definition) is 1. The number of benzene rings is 1. The Hall–Kier alpha value is -2.19. The Morgan fingerprint density at radius 3 is 2.85 bits per heavy atom. The Morgan fingerprint density at radius 1 is 1.31 bits per heavy atom. The molecule has 1 fully saturated rings. The molecular weight excluding hydrogens is 375 g/mol. The van der Waals surface area contributed by atoms with E-state index in [1.807, 2.05) is 11.4 Å². The number of thiophene rings is 1. The maximum Gasteiger partial charge on any atom is 0.268 e. The zero-order chi connectivity index (χ0) is 18.3. The van der Waals surface area contributed by atoms with Gasteiger partial charge in [0.25, 0.3) is 5.91 Å². The van der Waals surface area contributed by atoms with Gasteiger partial charge in [0.1, 0.15) is 11.5 Å². The van der Waals surface area contributed by atoms with Crippen LogP contribution in [0.5, 0.6) is 0 Å². The van der Waals surface area contributed by atoms with Gasteiger partial charge < -0.3 is 9.88 Å². The van der Waals surface area contributed by atoms with Crippen molar-refractivity contribution in [1.82, 2.24) is 9.88 Å². The molecule has 1 aliphatic rings. The van der Waals surface area contributed by atoms with Crippen LogP contribution in [0.2, 0.25) is 0 Å². The Bertz CT molecular complexity index is 1080. The van der Waals surface area contributed by atoms with Crippen molar-refractivity contribution in [2.75, 3.05) is 11.5 Å². The predicted octanol–water partition coefficient (Wildman–Crippen LogP) is 2.81. The number of amides is 1. The highest BCUT2D eigenvalue weighted by atomic mass is 32.2. The number of hydrogen-bond acceptors (Lipinski definition) is 4. The van der Waals surface area contributed by atoms with Gasteiger partial charge in [-0.3, -0.25) is 4.79 Å². The number of sulfone groups is 1. The Morgan fingerprint density at radius 2 is 2.12 bits per heavy atom. The highest BCUT2D eigenvalue weighted by Gasteiger charge is 2.30. The molecule has 0 radical (unpaired) electrons. The molecule has 2 aromatic heterocycles. The summed E-state index contributed by atoms with van der Waals surface area (Å²) in [5.74, 6) is -0.575. The number of halogens is 1. The van der Waals surface area contributed by atoms with Crippen molar-refractivity contribution >= 4 is 37.3 Å². The third-order valence-corrected chi connectivity index (χ3v) is 7.23. The van der Waals surface area contributed by atoms with Gasteiger partial charge in [0.05, 0.1) is 28.3 Å². The molecular formula is C18H17FN2O3S2. The summed E-state index contributed by atoms with van der Waals surface area (Å²) in [6.45, 7) is 0.235. The van der Waals surface area contributed by atoms with E-state index in [-0.39, 0.29) is 35.8 Å². The molecule has 0 aliphatic carbocycles. The Kier molecular flexibility index (Phi) is 4.32. The molecule has 1 atom stereocenters. The Balaban J connectivity index is 1.66. The van der Waals surface area contributed by atoms with Gasteiger partial charge in [0, 0.05) is 11.6 Å². The number of fused-ring (bicyclic) bond motifs is 1. The molecule has 4 rings (SSSR count). The van der Waals surface area contributed by atoms with Crippen LogP contribution in [0.1, 0.15) is 22.5 Å². The lowest BCUT2D eigenvalue weighted by atomic mass is 10.2. The lowest BCUT2D eigenvalue weighted by molar-refractivity contribution is 0.0932. The summed E-state index contributed by atoms with van der Waals surface area (Å²) in [5.41, 5.74) is 1.77. The smallest absolute Gasteiger partial charge is 0.268 e. The quantitative estimate of drug-likeness (QED) is 0.742. The SMILES string of the molecule is O=C(N[C@@H]1CCS(=O)(=O)C1)c1cc2sccc2n1Cc1ccccc1F. The zero-order valence-corrected chi connectivity index (χ0v) is 15.4. The van der Waals surface area contributed by atoms with Gasteiger partial charge in [0.2, 0.25) is 0 Å². The first-order chi connectivity index (χ1) is 12.4. The third-order valence-electron chi connectivity index (χ3n) is 4.61. The fraction of sp³-hybridized carbons (Fsp3) is 0.278. The summed E-state index contributed by atoms with van der Waals surface area (Å²) in [7, 11) is -3.07. The number of carbonyl (C=O) groups is 1. The van der Waals surface area contributed by atoms with E-state index >= 15 is 0 Å². The molecule has 1 aromatic carbocycles. The molecule has 8 heteroatoms. The van der Waals surface area contributed by atoms with Gasteiger partial charge in [-0.1, -0.05) is 18.2 Å². The predicted molar refractivity (Wildman–Crippen MR) is 99.8 cm³/mol. The van der Waals surface area contributed by atoms with Crippen molar-refractivity contribution < 1.29 is 17.6 Å². The number of rotatable bonds is 4. The van der Waals surface area contributed by atoms with Crippen molar-refractivity contribution in [3.8, 4) is 0 Å². The van der Waals surface area contributed by atoms with Crippen LogP contribution in [-0.4, -0.2) is 36.4 Å². The summed E-state index contributed by atoms with van der Waals surface area (Å²) < 4.78 is 40.0. The van der Waals surface area contributed by atoms with Crippen LogP contribution in [0.4, 0.5) is 4.39 Å². The molecule has 1 N–H and O–H groups in total. The summed E-state index contributed by atoms with van der Waals surface area (Å²) >= 11 is 1.51. The zero-order valence-electron chi connectivity index (χ0n) is 13.8. The normalized spacial score (nSPS) is 19.0. The summed E-state index contributed by atoms with van der Waals surface area (Å²) in [5, 5.41) is 4.74. The monoisotopic (exact) mass is 392 g/mol. The van der Waals surface area contributed by atoms with Crippen molar-refractivity contribution in [1.29, 1.82) is 0 Å². The maximum atomic E-state index is 14.1. The first-order valence-corrected chi connectivity index (χ1v) is 10.9. The molecule has 0 unspecified atom stereocenters. The fourth-order valence-electron chi connectivity index (χ4n) is 3.30. The highest BCUT2D eigenvalue weighted by molar-refractivity contribution is 7.91. The summed E-state index contributed by atoms with van der Waals surface area (Å²) in [6.07, 6.45) is 0.427. The van der Waals surface area contributed by atoms with E-state index in [2.05, 4.69) is 5.32 Å². The van der Waals surface area contributed by atoms with Crippen LogP contribution in [0.15, 0.2) is 41.8 Å². The molecule has 0 spiro atoms. The van der Waals surface area contributed by atoms with E-state index in [9.17, 15) is 17.6 Å². The molecule has 0 bridgehead atoms. The Labute approximate surface area is 154 Å². The molecule has 3 aromatic rings. The van der Waals surface area contributed by atoms with E-state index in [1.54, 1.807) is 28.8 Å². The fourth-order valence-corrected chi connectivity index (χ4v) is 5.80. The first-order valence-electron chi connectivity index (χ1n) is 8.24. The van der Waals surface area contributed by atoms with E-state index in [0.717, 1.165) is 10.2 Å². The third kappa shape index (κ3) is 3.26. The van der Waals surface area contributed by atoms with Gasteiger partial charge in [0.15, 0.2) is 9.84 Å². The second kappa shape index (κ2) is 6.51. The maximum absolute atomic E-state index is 14.1. The number of carbonyl (C=O) groups excluding carboxylic acids is 1. The molecule has 3 heterocycles. The molecule has 136 valence electrons. The van der Waals surface area contributed by atoms with Crippen molar-refractivity contribution in [3.05, 3.63) is 58.9 Å². The van der Waals surface area contributed by atoms with Gasteiger partial charge in [-0.15, -0.1) is 11.3 Å². The lowest BCUT2D eigenvalue weighted by Gasteiger charge is -2.14. The van der Waals surface area contributed by atoms with Crippen LogP contribution >= 0.6 is 11.3 Å². The van der Waals surface area contributed by atoms with Gasteiger partial charge in [-0.05, 0) is 30.0 Å². The largest absolute Gasteiger partial charge is 0.347 e. The van der Waals surface area contributed by atoms with Crippen LogP contribution in [0.3, 0.4) is 0 Å². The van der Waals surface area contributed by atoms with Crippen molar-refractivity contribution in [2.24, 2.45) is 0 Å². The molecule has 1 saturated heterocycles. The van der Waals surface area contributed by atoms with Gasteiger partial charge >= 0.3 is 0 Å². The average molecular weight is 392 g/mol. The summed E-state index contributed by atoms with van der Waals surface area (Å²) in [4.78, 5) is 12.8. The molecule has 26 heavy (non-hydrogen) atoms. The molecule has 1 aliphatic heterocycles. The molecule has 1 amide bonds. The van der Waals surface area contributed by atoms with Crippen LogP contribution in [0, 0.1) is 5.82 Å². The minimum absolute atomic E-state index is 0.0267. The van der Waals surface area contributed by atoms with Crippen molar-refractivity contribution in [2.45, 2.75) is 19.0 Å². The van der Waals surface area contributed by atoms with E-state index in [1.165, 1.54) is 17.4 Å². The second-order valence-corrected chi connectivity index (χ2v) is 9.63. The summed E-state index contributed by atoms with van der Waals surface area (Å²) in [6, 6.07) is 9.78. The first kappa shape index (κ1) is 17.2. The van der Waals surface area contributed by atoms with Crippen LogP contribution < -0.4 is 5.32 Å². The minimum Gasteiger partial charge on any atom is -0.347 e. The number of aromatic nitrogens is 1. The van der Waals surface area contributed by atoms with Crippen LogP contribution in [0.25, 0.3) is 10.2 Å². The van der Waals surface area contributed by atoms with Crippen LogP contribution in [-0.2, 0) is 16.4 Å². The topological polar surface area (TPSA) is 68.2 Å². The van der Waals surface area contributed by atoms with Gasteiger partial charge in [-0.2, -0.15) is 0 Å². The number of nitrogens with one attached hydrogen (secondary N) is 1. The average Bonchev–Trinajstić information content (AvgIpc) is 3.25. The number of nitrogens with zero attached hydrogens (tertiary/aromatic N) is 1. The molecule has 5 nitrogen and oxygen atoms in total. The highest BCUT2D eigenvalue weighted by Crippen LogP contribution is 2.27. The minimum atomic E-state index is -3.07. The van der Waals surface area contributed by atoms with Gasteiger partial charge in [-0.25, -0.2) is 12.8 Å². The van der Waals surface area contributed by atoms with Crippen molar-refractivity contribution in [3.63, 3.8) is 0 Å². The van der Waals surface area contributed by atoms with E-state index < -0.39 is 9.84 Å². The lowest BCUT2D eigenvalue weighted by Crippen LogP contribution is -2.36. The second-order valence-electron chi connectivity index (χ2n) is 6.45. The van der Waals surface area contributed by atoms with E-state index in [0.29, 0.717) is 17.7 Å². The van der Waals surface area contributed by atoms with E-state index in [4.69, 9.17) is 0 Å². The molecule has 0 saturated carbocycles.